The van der Waals surface area contributed by atoms with Gasteiger partial charge in [0.05, 0.1) is 16.7 Å². The van der Waals surface area contributed by atoms with E-state index in [0.717, 1.165) is 16.9 Å². The molecule has 2 heterocycles. The van der Waals surface area contributed by atoms with Gasteiger partial charge < -0.3 is 4.57 Å². The van der Waals surface area contributed by atoms with Crippen LogP contribution >= 0.6 is 0 Å². The molecule has 2 heteroatoms. The first kappa shape index (κ1) is 14.9. The van der Waals surface area contributed by atoms with E-state index in [1.54, 1.807) is 0 Å². The van der Waals surface area contributed by atoms with Crippen LogP contribution in [-0.2, 0) is 0 Å². The first-order valence-corrected chi connectivity index (χ1v) is 8.83. The normalized spacial score (nSPS) is 11.3. The first-order chi connectivity index (χ1) is 12.8. The number of pyridine rings is 1. The number of para-hydroxylation sites is 2. The SMILES string of the molecule is Cc1cccc2c3ccccc3n(-c3cccc(-c4ccccn4)c3)c12. The minimum Gasteiger partial charge on any atom is -0.309 e. The maximum absolute atomic E-state index is 4.50. The highest BCUT2D eigenvalue weighted by atomic mass is 15.0. The van der Waals surface area contributed by atoms with E-state index in [1.807, 2.05) is 18.3 Å². The van der Waals surface area contributed by atoms with E-state index in [-0.39, 0.29) is 0 Å². The molecule has 0 saturated carbocycles. The van der Waals surface area contributed by atoms with Gasteiger partial charge in [0.25, 0.3) is 0 Å². The topological polar surface area (TPSA) is 17.8 Å². The summed E-state index contributed by atoms with van der Waals surface area (Å²) in [5, 5.41) is 2.58. The maximum atomic E-state index is 4.50. The van der Waals surface area contributed by atoms with Gasteiger partial charge in [0.1, 0.15) is 0 Å². The Hall–Kier alpha value is -3.39. The highest BCUT2D eigenvalue weighted by Crippen LogP contribution is 2.34. The molecule has 0 aliphatic rings. The lowest BCUT2D eigenvalue weighted by molar-refractivity contribution is 1.17. The van der Waals surface area contributed by atoms with Gasteiger partial charge >= 0.3 is 0 Å². The molecule has 2 aromatic heterocycles. The third-order valence-electron chi connectivity index (χ3n) is 4.96. The number of rotatable bonds is 2. The second-order valence-corrected chi connectivity index (χ2v) is 6.59. The van der Waals surface area contributed by atoms with Gasteiger partial charge in [-0.3, -0.25) is 4.98 Å². The number of hydrogen-bond acceptors (Lipinski definition) is 1. The average molecular weight is 334 g/mol. The predicted octanol–water partition coefficient (Wildman–Crippen LogP) is 6.15. The Balaban J connectivity index is 1.85. The van der Waals surface area contributed by atoms with Crippen molar-refractivity contribution in [3.63, 3.8) is 0 Å². The molecular formula is C24H18N2. The van der Waals surface area contributed by atoms with Gasteiger partial charge in [-0.2, -0.15) is 0 Å². The Labute approximate surface area is 152 Å². The molecule has 0 bridgehead atoms. The second kappa shape index (κ2) is 5.85. The van der Waals surface area contributed by atoms with Crippen LogP contribution in [0, 0.1) is 6.92 Å². The predicted molar refractivity (Wildman–Crippen MR) is 109 cm³/mol. The van der Waals surface area contributed by atoms with E-state index < -0.39 is 0 Å². The molecule has 5 rings (SSSR count). The Morgan fingerprint density at radius 3 is 2.42 bits per heavy atom. The highest BCUT2D eigenvalue weighted by molar-refractivity contribution is 6.10. The van der Waals surface area contributed by atoms with Gasteiger partial charge in [-0.25, -0.2) is 0 Å². The van der Waals surface area contributed by atoms with Gasteiger partial charge in [-0.05, 0) is 42.8 Å². The van der Waals surface area contributed by atoms with Crippen LogP contribution in [0.5, 0.6) is 0 Å². The van der Waals surface area contributed by atoms with Gasteiger partial charge in [-0.1, -0.05) is 54.6 Å². The van der Waals surface area contributed by atoms with Crippen LogP contribution in [0.4, 0.5) is 0 Å². The fraction of sp³-hybridized carbons (Fsp3) is 0.0417. The van der Waals surface area contributed by atoms with Crippen LogP contribution in [0.1, 0.15) is 5.56 Å². The number of aromatic nitrogens is 2. The molecule has 26 heavy (non-hydrogen) atoms. The van der Waals surface area contributed by atoms with Gasteiger partial charge in [0, 0.05) is 28.2 Å². The van der Waals surface area contributed by atoms with Crippen molar-refractivity contribution in [3.05, 3.63) is 96.7 Å². The van der Waals surface area contributed by atoms with Gasteiger partial charge in [0.15, 0.2) is 0 Å². The zero-order chi connectivity index (χ0) is 17.5. The van der Waals surface area contributed by atoms with Crippen LogP contribution in [0.25, 0.3) is 38.8 Å². The molecule has 0 N–H and O–H groups in total. The van der Waals surface area contributed by atoms with Crippen molar-refractivity contribution in [1.29, 1.82) is 0 Å². The number of nitrogens with zero attached hydrogens (tertiary/aromatic N) is 2. The van der Waals surface area contributed by atoms with Crippen molar-refractivity contribution in [2.24, 2.45) is 0 Å². The quantitative estimate of drug-likeness (QED) is 0.378. The van der Waals surface area contributed by atoms with E-state index in [2.05, 4.69) is 89.3 Å². The van der Waals surface area contributed by atoms with Crippen molar-refractivity contribution in [3.8, 4) is 16.9 Å². The zero-order valence-corrected chi connectivity index (χ0v) is 14.6. The van der Waals surface area contributed by atoms with Crippen molar-refractivity contribution in [2.45, 2.75) is 6.92 Å². The summed E-state index contributed by atoms with van der Waals surface area (Å²) in [6, 6.07) is 29.8. The molecule has 0 aliphatic carbocycles. The summed E-state index contributed by atoms with van der Waals surface area (Å²) in [6.45, 7) is 2.18. The Morgan fingerprint density at radius 2 is 1.54 bits per heavy atom. The summed E-state index contributed by atoms with van der Waals surface area (Å²) in [4.78, 5) is 4.50. The molecule has 0 aliphatic heterocycles. The summed E-state index contributed by atoms with van der Waals surface area (Å²) in [5.41, 5.74) is 7.06. The fourth-order valence-electron chi connectivity index (χ4n) is 3.80. The third-order valence-corrected chi connectivity index (χ3v) is 4.96. The van der Waals surface area contributed by atoms with E-state index in [1.165, 1.54) is 27.4 Å². The molecule has 124 valence electrons. The van der Waals surface area contributed by atoms with Gasteiger partial charge in [0.2, 0.25) is 0 Å². The van der Waals surface area contributed by atoms with Crippen molar-refractivity contribution >= 4 is 21.8 Å². The number of hydrogen-bond donors (Lipinski definition) is 0. The largest absolute Gasteiger partial charge is 0.309 e. The van der Waals surface area contributed by atoms with Crippen molar-refractivity contribution in [1.82, 2.24) is 9.55 Å². The summed E-state index contributed by atoms with van der Waals surface area (Å²) in [6.07, 6.45) is 1.84. The summed E-state index contributed by atoms with van der Waals surface area (Å²) < 4.78 is 2.37. The van der Waals surface area contributed by atoms with Crippen LogP contribution in [0.2, 0.25) is 0 Å². The fourth-order valence-corrected chi connectivity index (χ4v) is 3.80. The summed E-state index contributed by atoms with van der Waals surface area (Å²) >= 11 is 0. The van der Waals surface area contributed by atoms with E-state index in [4.69, 9.17) is 0 Å². The minimum atomic E-state index is 0.992. The Morgan fingerprint density at radius 1 is 0.731 bits per heavy atom. The molecule has 0 unspecified atom stereocenters. The molecular weight excluding hydrogens is 316 g/mol. The van der Waals surface area contributed by atoms with Crippen LogP contribution < -0.4 is 0 Å². The van der Waals surface area contributed by atoms with Crippen LogP contribution in [-0.4, -0.2) is 9.55 Å². The molecule has 2 nitrogen and oxygen atoms in total. The maximum Gasteiger partial charge on any atom is 0.0702 e. The molecule has 0 amide bonds. The zero-order valence-electron chi connectivity index (χ0n) is 14.6. The molecule has 0 radical (unpaired) electrons. The van der Waals surface area contributed by atoms with Crippen molar-refractivity contribution < 1.29 is 0 Å². The molecule has 0 fully saturated rings. The highest BCUT2D eigenvalue weighted by Gasteiger charge is 2.13. The lowest BCUT2D eigenvalue weighted by Crippen LogP contribution is -1.96. The summed E-state index contributed by atoms with van der Waals surface area (Å²) in [7, 11) is 0. The summed E-state index contributed by atoms with van der Waals surface area (Å²) in [5.74, 6) is 0. The molecule has 0 spiro atoms. The van der Waals surface area contributed by atoms with E-state index in [0.29, 0.717) is 0 Å². The first-order valence-electron chi connectivity index (χ1n) is 8.83. The number of aryl methyl sites for hydroxylation is 1. The lowest BCUT2D eigenvalue weighted by Gasteiger charge is -2.11. The Bertz CT molecular complexity index is 1230. The average Bonchev–Trinajstić information content (AvgIpc) is 3.05. The lowest BCUT2D eigenvalue weighted by atomic mass is 10.1. The van der Waals surface area contributed by atoms with E-state index >= 15 is 0 Å². The number of benzene rings is 3. The monoisotopic (exact) mass is 334 g/mol. The van der Waals surface area contributed by atoms with Crippen molar-refractivity contribution in [2.75, 3.05) is 0 Å². The van der Waals surface area contributed by atoms with Gasteiger partial charge in [-0.15, -0.1) is 0 Å². The minimum absolute atomic E-state index is 0.992. The molecule has 3 aromatic carbocycles. The standard InChI is InChI=1S/C24H18N2/c1-17-8-6-12-21-20-11-2-3-14-23(20)26(24(17)21)19-10-7-9-18(16-19)22-13-4-5-15-25-22/h2-16H,1H3. The van der Waals surface area contributed by atoms with Crippen LogP contribution in [0.15, 0.2) is 91.1 Å². The molecule has 0 saturated heterocycles. The smallest absolute Gasteiger partial charge is 0.0702 e. The number of fused-ring (bicyclic) bond motifs is 3. The molecule has 5 aromatic rings. The second-order valence-electron chi connectivity index (χ2n) is 6.59. The third kappa shape index (κ3) is 2.23. The molecule has 0 atom stereocenters. The Kier molecular flexibility index (Phi) is 3.36. The van der Waals surface area contributed by atoms with E-state index in [9.17, 15) is 0 Å². The van der Waals surface area contributed by atoms with Crippen LogP contribution in [0.3, 0.4) is 0 Å².